The number of likely N-dealkylation sites (N-methyl/N-ethyl adjacent to an activating group) is 1. The van der Waals surface area contributed by atoms with E-state index in [1.807, 2.05) is 0 Å². The molecule has 126 valence electrons. The average molecular weight is 326 g/mol. The van der Waals surface area contributed by atoms with E-state index in [2.05, 4.69) is 0 Å². The van der Waals surface area contributed by atoms with Crippen molar-refractivity contribution < 1.29 is 28.7 Å². The summed E-state index contributed by atoms with van der Waals surface area (Å²) >= 11 is 0. The SMILES string of the molecule is COc1cc(C(=O)O[C@@H](C)C(=O)N(C)C)c([N+](=O)[O-])cc1OC. The zero-order chi connectivity index (χ0) is 17.7. The number of ether oxygens (including phenoxy) is 3. The van der Waals surface area contributed by atoms with Crippen molar-refractivity contribution in [2.45, 2.75) is 13.0 Å². The topological polar surface area (TPSA) is 108 Å². The molecule has 0 unspecified atom stereocenters. The number of nitrogens with zero attached hydrogens (tertiary/aromatic N) is 2. The Balaban J connectivity index is 3.22. The third-order valence-corrected chi connectivity index (χ3v) is 2.99. The molecule has 0 heterocycles. The number of methoxy groups -OCH3 is 2. The molecule has 0 radical (unpaired) electrons. The van der Waals surface area contributed by atoms with Crippen molar-refractivity contribution >= 4 is 17.6 Å². The van der Waals surface area contributed by atoms with E-state index in [9.17, 15) is 19.7 Å². The monoisotopic (exact) mass is 326 g/mol. The third kappa shape index (κ3) is 4.09. The van der Waals surface area contributed by atoms with Crippen LogP contribution in [0.4, 0.5) is 5.69 Å². The van der Waals surface area contributed by atoms with Crippen molar-refractivity contribution in [2.75, 3.05) is 28.3 Å². The summed E-state index contributed by atoms with van der Waals surface area (Å²) in [7, 11) is 5.66. The largest absolute Gasteiger partial charge is 0.493 e. The van der Waals surface area contributed by atoms with Gasteiger partial charge in [-0.25, -0.2) is 4.79 Å². The van der Waals surface area contributed by atoms with Gasteiger partial charge >= 0.3 is 5.97 Å². The predicted octanol–water partition coefficient (Wildman–Crippen LogP) is 1.25. The Morgan fingerprint density at radius 1 is 1.17 bits per heavy atom. The van der Waals surface area contributed by atoms with Gasteiger partial charge in [-0.1, -0.05) is 0 Å². The second-order valence-corrected chi connectivity index (χ2v) is 4.76. The van der Waals surface area contributed by atoms with Crippen LogP contribution in [0, 0.1) is 10.1 Å². The van der Waals surface area contributed by atoms with Crippen LogP contribution in [0.3, 0.4) is 0 Å². The molecule has 1 rings (SSSR count). The molecule has 1 atom stereocenters. The molecular weight excluding hydrogens is 308 g/mol. The lowest BCUT2D eigenvalue weighted by Gasteiger charge is -2.17. The Hall–Kier alpha value is -2.84. The summed E-state index contributed by atoms with van der Waals surface area (Å²) in [5.74, 6) is -1.20. The molecule has 0 N–H and O–H groups in total. The molecule has 23 heavy (non-hydrogen) atoms. The number of rotatable bonds is 6. The van der Waals surface area contributed by atoms with E-state index in [1.165, 1.54) is 40.1 Å². The first-order valence-electron chi connectivity index (χ1n) is 6.55. The van der Waals surface area contributed by atoms with E-state index in [0.717, 1.165) is 12.1 Å². The molecule has 1 aromatic carbocycles. The van der Waals surface area contributed by atoms with Crippen LogP contribution in [0.1, 0.15) is 17.3 Å². The number of amides is 1. The van der Waals surface area contributed by atoms with Gasteiger partial charge in [0, 0.05) is 20.2 Å². The number of carbonyl (C=O) groups excluding carboxylic acids is 2. The summed E-state index contributed by atoms with van der Waals surface area (Å²) in [6.07, 6.45) is -1.08. The third-order valence-electron chi connectivity index (χ3n) is 2.99. The van der Waals surface area contributed by atoms with Crippen molar-refractivity contribution in [3.05, 3.63) is 27.8 Å². The van der Waals surface area contributed by atoms with Gasteiger partial charge in [-0.2, -0.15) is 0 Å². The van der Waals surface area contributed by atoms with Gasteiger partial charge in [-0.3, -0.25) is 14.9 Å². The lowest BCUT2D eigenvalue weighted by molar-refractivity contribution is -0.385. The number of nitro groups is 1. The van der Waals surface area contributed by atoms with E-state index in [0.29, 0.717) is 0 Å². The number of nitro benzene ring substituents is 1. The lowest BCUT2D eigenvalue weighted by atomic mass is 10.1. The fraction of sp³-hybridized carbons (Fsp3) is 0.429. The Labute approximate surface area is 132 Å². The highest BCUT2D eigenvalue weighted by atomic mass is 16.6. The molecule has 0 aliphatic rings. The molecule has 0 bridgehead atoms. The maximum absolute atomic E-state index is 12.2. The van der Waals surface area contributed by atoms with E-state index in [1.54, 1.807) is 0 Å². The number of hydrogen-bond donors (Lipinski definition) is 0. The number of hydrogen-bond acceptors (Lipinski definition) is 7. The molecule has 9 heteroatoms. The molecule has 1 amide bonds. The average Bonchev–Trinajstić information content (AvgIpc) is 2.51. The second kappa shape index (κ2) is 7.43. The van der Waals surface area contributed by atoms with Crippen LogP contribution in [0.15, 0.2) is 12.1 Å². The first-order valence-corrected chi connectivity index (χ1v) is 6.55. The van der Waals surface area contributed by atoms with Crippen LogP contribution in [-0.2, 0) is 9.53 Å². The zero-order valence-electron chi connectivity index (χ0n) is 13.5. The van der Waals surface area contributed by atoms with Crippen LogP contribution >= 0.6 is 0 Å². The maximum Gasteiger partial charge on any atom is 0.346 e. The second-order valence-electron chi connectivity index (χ2n) is 4.76. The van der Waals surface area contributed by atoms with Gasteiger partial charge in [0.15, 0.2) is 17.6 Å². The summed E-state index contributed by atoms with van der Waals surface area (Å²) in [4.78, 5) is 35.6. The zero-order valence-corrected chi connectivity index (χ0v) is 13.5. The van der Waals surface area contributed by atoms with Crippen molar-refractivity contribution in [3.63, 3.8) is 0 Å². The minimum atomic E-state index is -1.08. The van der Waals surface area contributed by atoms with E-state index in [4.69, 9.17) is 14.2 Å². The Morgan fingerprint density at radius 2 is 1.70 bits per heavy atom. The van der Waals surface area contributed by atoms with Crippen molar-refractivity contribution in [1.82, 2.24) is 4.90 Å². The van der Waals surface area contributed by atoms with Crippen molar-refractivity contribution in [2.24, 2.45) is 0 Å². The molecule has 0 aromatic heterocycles. The van der Waals surface area contributed by atoms with Crippen molar-refractivity contribution in [3.8, 4) is 11.5 Å². The minimum absolute atomic E-state index is 0.105. The van der Waals surface area contributed by atoms with E-state index in [-0.39, 0.29) is 17.1 Å². The summed E-state index contributed by atoms with van der Waals surface area (Å²) in [6.45, 7) is 1.38. The fourth-order valence-electron chi connectivity index (χ4n) is 1.82. The van der Waals surface area contributed by atoms with Crippen molar-refractivity contribution in [1.29, 1.82) is 0 Å². The number of esters is 1. The quantitative estimate of drug-likeness (QED) is 0.439. The summed E-state index contributed by atoms with van der Waals surface area (Å²) in [5.41, 5.74) is -0.830. The van der Waals surface area contributed by atoms with Crippen LogP contribution < -0.4 is 9.47 Å². The first-order chi connectivity index (χ1) is 10.7. The Bertz CT molecular complexity index is 628. The molecule has 0 aliphatic heterocycles. The molecular formula is C14H18N2O7. The highest BCUT2D eigenvalue weighted by Crippen LogP contribution is 2.34. The highest BCUT2D eigenvalue weighted by molar-refractivity contribution is 5.96. The number of carbonyl (C=O) groups is 2. The van der Waals surface area contributed by atoms with Gasteiger partial charge in [0.2, 0.25) is 0 Å². The van der Waals surface area contributed by atoms with Gasteiger partial charge in [0.05, 0.1) is 25.2 Å². The molecule has 0 fully saturated rings. The molecule has 0 aliphatic carbocycles. The summed E-state index contributed by atoms with van der Waals surface area (Å²) in [5, 5.41) is 11.1. The molecule has 0 saturated carbocycles. The van der Waals surface area contributed by atoms with Crippen LogP contribution in [0.2, 0.25) is 0 Å². The van der Waals surface area contributed by atoms with Gasteiger partial charge in [0.25, 0.3) is 11.6 Å². The summed E-state index contributed by atoms with van der Waals surface area (Å²) in [6, 6.07) is 2.21. The lowest BCUT2D eigenvalue weighted by Crippen LogP contribution is -2.35. The normalized spacial score (nSPS) is 11.3. The molecule has 9 nitrogen and oxygen atoms in total. The van der Waals surface area contributed by atoms with Gasteiger partial charge in [0.1, 0.15) is 5.56 Å². The van der Waals surface area contributed by atoms with Gasteiger partial charge in [-0.15, -0.1) is 0 Å². The first kappa shape index (κ1) is 18.2. The molecule has 0 spiro atoms. The summed E-state index contributed by atoms with van der Waals surface area (Å²) < 4.78 is 15.0. The molecule has 1 aromatic rings. The van der Waals surface area contributed by atoms with Gasteiger partial charge in [-0.05, 0) is 6.92 Å². The smallest absolute Gasteiger partial charge is 0.346 e. The van der Waals surface area contributed by atoms with Gasteiger partial charge < -0.3 is 19.1 Å². The van der Waals surface area contributed by atoms with E-state index < -0.39 is 28.6 Å². The standard InChI is InChI=1S/C14H18N2O7/c1-8(13(17)15(2)3)23-14(18)9-6-11(21-4)12(22-5)7-10(9)16(19)20/h6-8H,1-5H3/t8-/m0/s1. The maximum atomic E-state index is 12.2. The predicted molar refractivity (Wildman–Crippen MR) is 79.8 cm³/mol. The fourth-order valence-corrected chi connectivity index (χ4v) is 1.82. The minimum Gasteiger partial charge on any atom is -0.493 e. The van der Waals surface area contributed by atoms with E-state index >= 15 is 0 Å². The Morgan fingerprint density at radius 3 is 2.13 bits per heavy atom. The highest BCUT2D eigenvalue weighted by Gasteiger charge is 2.28. The molecule has 0 saturated heterocycles. The Kier molecular flexibility index (Phi) is 5.88. The van der Waals surface area contributed by atoms with Crippen LogP contribution in [0.25, 0.3) is 0 Å². The van der Waals surface area contributed by atoms with Crippen LogP contribution in [0.5, 0.6) is 11.5 Å². The number of benzene rings is 1. The van der Waals surface area contributed by atoms with Crippen LogP contribution in [-0.4, -0.2) is 56.1 Å².